The van der Waals surface area contributed by atoms with Crippen molar-refractivity contribution in [3.8, 4) is 22.1 Å². The Hall–Kier alpha value is -3.72. The van der Waals surface area contributed by atoms with E-state index >= 15 is 0 Å². The van der Waals surface area contributed by atoms with Gasteiger partial charge in [-0.05, 0) is 38.1 Å². The van der Waals surface area contributed by atoms with E-state index in [0.717, 1.165) is 35.9 Å². The molecule has 1 fully saturated rings. The molecule has 0 radical (unpaired) electrons. The third kappa shape index (κ3) is 4.14. The molecule has 3 heterocycles. The minimum Gasteiger partial charge on any atom is -0.497 e. The maximum Gasteiger partial charge on any atom is 0.265 e. The summed E-state index contributed by atoms with van der Waals surface area (Å²) in [7, 11) is 1.64. The Morgan fingerprint density at radius 1 is 0.971 bits per heavy atom. The van der Waals surface area contributed by atoms with Gasteiger partial charge in [0.25, 0.3) is 5.91 Å². The highest BCUT2D eigenvalue weighted by atomic mass is 32.1. The van der Waals surface area contributed by atoms with E-state index < -0.39 is 0 Å². The van der Waals surface area contributed by atoms with Crippen molar-refractivity contribution in [1.29, 1.82) is 0 Å². The molecule has 9 heteroatoms. The second kappa shape index (κ2) is 9.26. The van der Waals surface area contributed by atoms with Gasteiger partial charge < -0.3 is 14.5 Å². The molecule has 174 valence electrons. The lowest BCUT2D eigenvalue weighted by Gasteiger charge is -2.36. The largest absolute Gasteiger partial charge is 0.497 e. The maximum absolute atomic E-state index is 13.3. The van der Waals surface area contributed by atoms with Crippen molar-refractivity contribution >= 4 is 22.9 Å². The Morgan fingerprint density at radius 3 is 2.44 bits per heavy atom. The van der Waals surface area contributed by atoms with E-state index in [9.17, 15) is 4.79 Å². The average Bonchev–Trinajstić information content (AvgIpc) is 3.46. The third-order valence-electron chi connectivity index (χ3n) is 6.07. The van der Waals surface area contributed by atoms with Crippen LogP contribution in [-0.2, 0) is 0 Å². The number of hydrogen-bond donors (Lipinski definition) is 0. The van der Waals surface area contributed by atoms with Gasteiger partial charge in [0.15, 0.2) is 0 Å². The number of piperazine rings is 1. The fraction of sp³-hybridized carbons (Fsp3) is 0.280. The normalized spacial score (nSPS) is 13.9. The first kappa shape index (κ1) is 22.1. The predicted molar refractivity (Wildman–Crippen MR) is 133 cm³/mol. The summed E-state index contributed by atoms with van der Waals surface area (Å²) < 4.78 is 7.09. The number of rotatable bonds is 5. The first-order valence-electron chi connectivity index (χ1n) is 11.2. The molecule has 2 aromatic carbocycles. The van der Waals surface area contributed by atoms with Gasteiger partial charge in [0.05, 0.1) is 24.2 Å². The van der Waals surface area contributed by atoms with Crippen LogP contribution in [0.5, 0.6) is 5.75 Å². The highest BCUT2D eigenvalue weighted by Gasteiger charge is 2.27. The van der Waals surface area contributed by atoms with Gasteiger partial charge in [0.2, 0.25) is 0 Å². The fourth-order valence-electron chi connectivity index (χ4n) is 4.16. The van der Waals surface area contributed by atoms with Crippen LogP contribution in [0.25, 0.3) is 16.4 Å². The molecule has 0 saturated carbocycles. The van der Waals surface area contributed by atoms with E-state index in [0.29, 0.717) is 28.7 Å². The zero-order valence-corrected chi connectivity index (χ0v) is 20.2. The monoisotopic (exact) mass is 474 g/mol. The quantitative estimate of drug-likeness (QED) is 0.436. The number of ether oxygens (including phenoxy) is 1. The summed E-state index contributed by atoms with van der Waals surface area (Å²) in [6.07, 6.45) is 0. The van der Waals surface area contributed by atoms with Gasteiger partial charge in [0.1, 0.15) is 21.3 Å². The van der Waals surface area contributed by atoms with Crippen LogP contribution >= 0.6 is 11.3 Å². The van der Waals surface area contributed by atoms with Gasteiger partial charge in [-0.15, -0.1) is 16.4 Å². The van der Waals surface area contributed by atoms with Crippen molar-refractivity contribution in [2.24, 2.45) is 0 Å². The SMILES string of the molecule is COc1cccc(-n2nnc(-c3nc(C)c(C(=O)N4CCN(c5ccccc5)CC4)s3)c2C)c1. The van der Waals surface area contributed by atoms with Crippen LogP contribution in [0.1, 0.15) is 21.1 Å². The van der Waals surface area contributed by atoms with Crippen molar-refractivity contribution in [2.75, 3.05) is 38.2 Å². The number of carbonyl (C=O) groups excluding carboxylic acids is 1. The molecule has 34 heavy (non-hydrogen) atoms. The molecule has 8 nitrogen and oxygen atoms in total. The highest BCUT2D eigenvalue weighted by Crippen LogP contribution is 2.31. The number of para-hydroxylation sites is 1. The number of anilines is 1. The molecule has 0 spiro atoms. The van der Waals surface area contributed by atoms with Crippen molar-refractivity contribution in [3.63, 3.8) is 0 Å². The molecule has 0 unspecified atom stereocenters. The molecule has 5 rings (SSSR count). The number of carbonyl (C=O) groups is 1. The fourth-order valence-corrected chi connectivity index (χ4v) is 5.23. The van der Waals surface area contributed by atoms with Crippen LogP contribution in [-0.4, -0.2) is 64.1 Å². The van der Waals surface area contributed by atoms with Crippen LogP contribution in [0, 0.1) is 13.8 Å². The van der Waals surface area contributed by atoms with Crippen LogP contribution in [0.2, 0.25) is 0 Å². The van der Waals surface area contributed by atoms with Gasteiger partial charge in [-0.3, -0.25) is 4.79 Å². The lowest BCUT2D eigenvalue weighted by molar-refractivity contribution is 0.0750. The third-order valence-corrected chi connectivity index (χ3v) is 7.23. The minimum atomic E-state index is 0.0341. The summed E-state index contributed by atoms with van der Waals surface area (Å²) in [5, 5.41) is 9.41. The Kier molecular flexibility index (Phi) is 6.02. The Morgan fingerprint density at radius 2 is 1.71 bits per heavy atom. The van der Waals surface area contributed by atoms with E-state index in [2.05, 4.69) is 32.3 Å². The number of benzene rings is 2. The minimum absolute atomic E-state index is 0.0341. The number of nitrogens with zero attached hydrogens (tertiary/aromatic N) is 6. The lowest BCUT2D eigenvalue weighted by atomic mass is 10.2. The summed E-state index contributed by atoms with van der Waals surface area (Å²) in [5.41, 5.74) is 4.32. The molecule has 1 saturated heterocycles. The van der Waals surface area contributed by atoms with Crippen molar-refractivity contribution in [1.82, 2.24) is 24.9 Å². The number of amides is 1. The van der Waals surface area contributed by atoms with Gasteiger partial charge >= 0.3 is 0 Å². The Bertz CT molecular complexity index is 1310. The van der Waals surface area contributed by atoms with E-state index in [-0.39, 0.29) is 5.91 Å². The second-order valence-electron chi connectivity index (χ2n) is 8.19. The summed E-state index contributed by atoms with van der Waals surface area (Å²) in [6.45, 7) is 6.84. The van der Waals surface area contributed by atoms with Crippen LogP contribution < -0.4 is 9.64 Å². The molecule has 1 aliphatic rings. The first-order chi connectivity index (χ1) is 16.5. The number of aromatic nitrogens is 4. The number of methoxy groups -OCH3 is 1. The van der Waals surface area contributed by atoms with Gasteiger partial charge in [-0.25, -0.2) is 9.67 Å². The van der Waals surface area contributed by atoms with Crippen LogP contribution in [0.15, 0.2) is 54.6 Å². The number of thiazole rings is 1. The smallest absolute Gasteiger partial charge is 0.265 e. The number of aryl methyl sites for hydroxylation is 1. The molecule has 2 aromatic heterocycles. The topological polar surface area (TPSA) is 76.4 Å². The van der Waals surface area contributed by atoms with Crippen LogP contribution in [0.4, 0.5) is 5.69 Å². The van der Waals surface area contributed by atoms with Crippen molar-refractivity contribution in [3.05, 3.63) is 70.9 Å². The molecule has 0 atom stereocenters. The zero-order chi connectivity index (χ0) is 23.7. The summed E-state index contributed by atoms with van der Waals surface area (Å²) in [5.74, 6) is 0.783. The van der Waals surface area contributed by atoms with Gasteiger partial charge in [-0.2, -0.15) is 0 Å². The van der Waals surface area contributed by atoms with E-state index in [4.69, 9.17) is 4.74 Å². The lowest BCUT2D eigenvalue weighted by Crippen LogP contribution is -2.48. The molecule has 1 aliphatic heterocycles. The summed E-state index contributed by atoms with van der Waals surface area (Å²) in [6, 6.07) is 18.0. The summed E-state index contributed by atoms with van der Waals surface area (Å²) in [4.78, 5) is 22.9. The van der Waals surface area contributed by atoms with Crippen LogP contribution in [0.3, 0.4) is 0 Å². The zero-order valence-electron chi connectivity index (χ0n) is 19.4. The standard InChI is InChI=1S/C25H26N6O2S/c1-17-23(25(32)30-14-12-29(13-15-30)19-8-5-4-6-9-19)34-24(26-17)22-18(2)31(28-27-22)20-10-7-11-21(16-20)33-3/h4-11,16H,12-15H2,1-3H3. The Balaban J connectivity index is 1.34. The molecule has 4 aromatic rings. The van der Waals surface area contributed by atoms with Gasteiger partial charge in [-0.1, -0.05) is 29.5 Å². The summed E-state index contributed by atoms with van der Waals surface area (Å²) >= 11 is 1.39. The predicted octanol–water partition coefficient (Wildman–Crippen LogP) is 3.98. The van der Waals surface area contributed by atoms with Gasteiger partial charge in [0, 0.05) is 37.9 Å². The maximum atomic E-state index is 13.3. The number of hydrogen-bond acceptors (Lipinski definition) is 7. The molecule has 1 amide bonds. The molecule has 0 aliphatic carbocycles. The Labute approximate surface area is 202 Å². The molecule has 0 bridgehead atoms. The molecular formula is C25H26N6O2S. The second-order valence-corrected chi connectivity index (χ2v) is 9.18. The van der Waals surface area contributed by atoms with E-state index in [1.165, 1.54) is 17.0 Å². The van der Waals surface area contributed by atoms with E-state index in [1.54, 1.807) is 11.8 Å². The average molecular weight is 475 g/mol. The first-order valence-corrected chi connectivity index (χ1v) is 12.0. The highest BCUT2D eigenvalue weighted by molar-refractivity contribution is 7.17. The van der Waals surface area contributed by atoms with E-state index in [1.807, 2.05) is 61.2 Å². The molecule has 0 N–H and O–H groups in total. The van der Waals surface area contributed by atoms with Crippen molar-refractivity contribution < 1.29 is 9.53 Å². The van der Waals surface area contributed by atoms with Crippen molar-refractivity contribution in [2.45, 2.75) is 13.8 Å². The molecular weight excluding hydrogens is 448 g/mol.